The number of benzene rings is 2. The zero-order valence-corrected chi connectivity index (χ0v) is 14.3. The van der Waals surface area contributed by atoms with Crippen molar-refractivity contribution in [2.24, 2.45) is 0 Å². The number of hydrogen-bond donors (Lipinski definition) is 1. The van der Waals surface area contributed by atoms with E-state index in [0.717, 1.165) is 27.9 Å². The quantitative estimate of drug-likeness (QED) is 0.541. The van der Waals surface area contributed by atoms with Gasteiger partial charge in [0.15, 0.2) is 5.82 Å². The van der Waals surface area contributed by atoms with Crippen molar-refractivity contribution in [3.05, 3.63) is 77.5 Å². The first-order valence-corrected chi connectivity index (χ1v) is 8.33. The van der Waals surface area contributed by atoms with Crippen LogP contribution in [-0.2, 0) is 24.6 Å². The van der Waals surface area contributed by atoms with E-state index in [9.17, 15) is 4.39 Å². The molecule has 136 valence electrons. The monoisotopic (exact) mass is 365 g/mol. The van der Waals surface area contributed by atoms with Crippen LogP contribution >= 0.6 is 0 Å². The fourth-order valence-electron chi connectivity index (χ4n) is 2.56. The summed E-state index contributed by atoms with van der Waals surface area (Å²) in [5.41, 5.74) is 2.54. The van der Waals surface area contributed by atoms with E-state index >= 15 is 0 Å². The molecule has 0 radical (unpaired) electrons. The highest BCUT2D eigenvalue weighted by molar-refractivity contribution is 5.78. The predicted octanol–water partition coefficient (Wildman–Crippen LogP) is 3.18. The fourth-order valence-corrected chi connectivity index (χ4v) is 2.56. The van der Waals surface area contributed by atoms with E-state index in [1.807, 2.05) is 36.4 Å². The number of aromatic amines is 1. The summed E-state index contributed by atoms with van der Waals surface area (Å²) in [5.74, 6) is 1.05. The fraction of sp³-hybridized carbons (Fsp3) is 0.158. The molecule has 0 saturated carbocycles. The number of rotatable bonds is 7. The highest BCUT2D eigenvalue weighted by Gasteiger charge is 2.03. The summed E-state index contributed by atoms with van der Waals surface area (Å²) >= 11 is 0. The minimum absolute atomic E-state index is 0.269. The summed E-state index contributed by atoms with van der Waals surface area (Å²) < 4.78 is 24.5. The molecule has 2 aromatic carbocycles. The Morgan fingerprint density at radius 2 is 1.81 bits per heavy atom. The van der Waals surface area contributed by atoms with Gasteiger partial charge in [-0.1, -0.05) is 18.2 Å². The molecule has 7 nitrogen and oxygen atoms in total. The third-order valence-electron chi connectivity index (χ3n) is 3.92. The Morgan fingerprint density at radius 1 is 0.926 bits per heavy atom. The van der Waals surface area contributed by atoms with Gasteiger partial charge in [-0.15, -0.1) is 5.10 Å². The third kappa shape index (κ3) is 4.42. The molecule has 2 aromatic heterocycles. The van der Waals surface area contributed by atoms with Crippen LogP contribution in [0.4, 0.5) is 4.39 Å². The average Bonchev–Trinajstić information content (AvgIpc) is 3.21. The minimum Gasteiger partial charge on any atom is -0.487 e. The number of pyridine rings is 1. The number of halogens is 1. The van der Waals surface area contributed by atoms with Crippen LogP contribution in [0.1, 0.15) is 17.1 Å². The Hall–Kier alpha value is -3.39. The van der Waals surface area contributed by atoms with E-state index in [4.69, 9.17) is 9.47 Å². The maximum absolute atomic E-state index is 13.2. The van der Waals surface area contributed by atoms with Crippen molar-refractivity contribution in [2.45, 2.75) is 19.8 Å². The molecule has 0 aliphatic carbocycles. The van der Waals surface area contributed by atoms with Crippen molar-refractivity contribution < 1.29 is 13.9 Å². The number of H-pyrrole nitrogens is 1. The maximum atomic E-state index is 13.2. The van der Waals surface area contributed by atoms with Gasteiger partial charge in [-0.25, -0.2) is 14.5 Å². The average molecular weight is 365 g/mol. The molecule has 8 heteroatoms. The SMILES string of the molecule is Fc1ccc2nc(COc3ccc(COCc4nnn[nH]4)cc3)ccc2c1. The van der Waals surface area contributed by atoms with Gasteiger partial charge in [0.05, 0.1) is 17.8 Å². The van der Waals surface area contributed by atoms with Crippen LogP contribution in [0.5, 0.6) is 5.75 Å². The van der Waals surface area contributed by atoms with Gasteiger partial charge in [0.1, 0.15) is 24.8 Å². The van der Waals surface area contributed by atoms with Crippen molar-refractivity contribution in [1.29, 1.82) is 0 Å². The molecule has 27 heavy (non-hydrogen) atoms. The number of hydrogen-bond acceptors (Lipinski definition) is 6. The van der Waals surface area contributed by atoms with Crippen LogP contribution in [0.15, 0.2) is 54.6 Å². The standard InChI is InChI=1S/C19H16FN5O2/c20-15-4-8-18-14(9-15)3-5-16(21-18)11-27-17-6-1-13(2-7-17)10-26-12-19-22-24-25-23-19/h1-9H,10-12H2,(H,22,23,24,25). The molecular weight excluding hydrogens is 349 g/mol. The van der Waals surface area contributed by atoms with E-state index < -0.39 is 0 Å². The number of ether oxygens (including phenoxy) is 2. The highest BCUT2D eigenvalue weighted by Crippen LogP contribution is 2.17. The molecule has 0 bridgehead atoms. The lowest BCUT2D eigenvalue weighted by Crippen LogP contribution is -1.99. The molecule has 0 spiro atoms. The first kappa shape index (κ1) is 17.0. The van der Waals surface area contributed by atoms with Gasteiger partial charge in [-0.05, 0) is 52.4 Å². The topological polar surface area (TPSA) is 85.8 Å². The van der Waals surface area contributed by atoms with Gasteiger partial charge in [0.2, 0.25) is 0 Å². The van der Waals surface area contributed by atoms with Crippen LogP contribution < -0.4 is 4.74 Å². The Balaban J connectivity index is 1.31. The molecule has 0 aliphatic rings. The summed E-state index contributed by atoms with van der Waals surface area (Å²) in [5, 5.41) is 14.1. The second-order valence-corrected chi connectivity index (χ2v) is 5.91. The highest BCUT2D eigenvalue weighted by atomic mass is 19.1. The van der Waals surface area contributed by atoms with E-state index in [0.29, 0.717) is 25.6 Å². The van der Waals surface area contributed by atoms with Gasteiger partial charge < -0.3 is 9.47 Å². The molecule has 4 aromatic rings. The van der Waals surface area contributed by atoms with Crippen molar-refractivity contribution in [2.75, 3.05) is 0 Å². The Morgan fingerprint density at radius 3 is 2.63 bits per heavy atom. The number of tetrazole rings is 1. The summed E-state index contributed by atoms with van der Waals surface area (Å²) in [7, 11) is 0. The lowest BCUT2D eigenvalue weighted by atomic mass is 10.2. The largest absolute Gasteiger partial charge is 0.487 e. The Bertz CT molecular complexity index is 1020. The van der Waals surface area contributed by atoms with Crippen molar-refractivity contribution in [3.8, 4) is 5.75 Å². The number of fused-ring (bicyclic) bond motifs is 1. The molecule has 0 atom stereocenters. The first-order valence-electron chi connectivity index (χ1n) is 8.33. The number of aromatic nitrogens is 5. The maximum Gasteiger partial charge on any atom is 0.174 e. The van der Waals surface area contributed by atoms with Crippen molar-refractivity contribution in [1.82, 2.24) is 25.6 Å². The summed E-state index contributed by atoms with van der Waals surface area (Å²) in [6.07, 6.45) is 0. The lowest BCUT2D eigenvalue weighted by molar-refractivity contribution is 0.102. The smallest absolute Gasteiger partial charge is 0.174 e. The normalized spacial score (nSPS) is 11.0. The molecule has 0 aliphatic heterocycles. The van der Waals surface area contributed by atoms with Crippen LogP contribution in [0, 0.1) is 5.82 Å². The van der Waals surface area contributed by atoms with E-state index in [1.54, 1.807) is 6.07 Å². The summed E-state index contributed by atoms with van der Waals surface area (Å²) in [6.45, 7) is 1.11. The van der Waals surface area contributed by atoms with Gasteiger partial charge in [0, 0.05) is 5.39 Å². The Labute approximate surface area is 154 Å². The van der Waals surface area contributed by atoms with Gasteiger partial charge in [-0.2, -0.15) is 0 Å². The van der Waals surface area contributed by atoms with E-state index in [-0.39, 0.29) is 5.82 Å². The second kappa shape index (κ2) is 7.88. The summed E-state index contributed by atoms with van der Waals surface area (Å²) in [6, 6.07) is 15.8. The van der Waals surface area contributed by atoms with Gasteiger partial charge in [-0.3, -0.25) is 0 Å². The molecular formula is C19H16FN5O2. The predicted molar refractivity (Wildman–Crippen MR) is 95.1 cm³/mol. The molecule has 2 heterocycles. The van der Waals surface area contributed by atoms with Crippen LogP contribution in [-0.4, -0.2) is 25.6 Å². The third-order valence-corrected chi connectivity index (χ3v) is 3.92. The van der Waals surface area contributed by atoms with Crippen molar-refractivity contribution >= 4 is 10.9 Å². The lowest BCUT2D eigenvalue weighted by Gasteiger charge is -2.08. The summed E-state index contributed by atoms with van der Waals surface area (Å²) in [4.78, 5) is 4.48. The molecule has 0 saturated heterocycles. The zero-order chi connectivity index (χ0) is 18.5. The minimum atomic E-state index is -0.269. The molecule has 1 N–H and O–H groups in total. The van der Waals surface area contributed by atoms with E-state index in [1.165, 1.54) is 12.1 Å². The van der Waals surface area contributed by atoms with Gasteiger partial charge in [0.25, 0.3) is 0 Å². The first-order chi connectivity index (χ1) is 13.3. The number of nitrogens with zero attached hydrogens (tertiary/aromatic N) is 4. The molecule has 0 amide bonds. The number of nitrogens with one attached hydrogen (secondary N) is 1. The van der Waals surface area contributed by atoms with E-state index in [2.05, 4.69) is 25.6 Å². The van der Waals surface area contributed by atoms with Crippen LogP contribution in [0.25, 0.3) is 10.9 Å². The van der Waals surface area contributed by atoms with Crippen LogP contribution in [0.3, 0.4) is 0 Å². The van der Waals surface area contributed by atoms with Crippen LogP contribution in [0.2, 0.25) is 0 Å². The molecule has 4 rings (SSSR count). The molecule has 0 fully saturated rings. The Kier molecular flexibility index (Phi) is 4.97. The molecule has 0 unspecified atom stereocenters. The van der Waals surface area contributed by atoms with Crippen molar-refractivity contribution in [3.63, 3.8) is 0 Å². The second-order valence-electron chi connectivity index (χ2n) is 5.91. The van der Waals surface area contributed by atoms with Gasteiger partial charge >= 0.3 is 0 Å². The zero-order valence-electron chi connectivity index (χ0n) is 14.3.